The predicted octanol–water partition coefficient (Wildman–Crippen LogP) is 2.75. The van der Waals surface area contributed by atoms with Crippen molar-refractivity contribution in [1.29, 1.82) is 0 Å². The third-order valence-corrected chi connectivity index (χ3v) is 2.74. The number of carbonyl (C=O) groups is 1. The largest absolute Gasteiger partial charge is 0.290 e. The lowest BCUT2D eigenvalue weighted by atomic mass is 10.0. The van der Waals surface area contributed by atoms with E-state index in [9.17, 15) is 14.9 Å². The molecule has 0 aliphatic heterocycles. The molecule has 0 radical (unpaired) electrons. The topological polar surface area (TPSA) is 60.2 Å². The van der Waals surface area contributed by atoms with E-state index in [0.717, 1.165) is 11.1 Å². The molecule has 86 valence electrons. The molecule has 0 saturated carbocycles. The number of nitro benzene ring substituents is 1. The highest BCUT2D eigenvalue weighted by atomic mass is 16.6. The van der Waals surface area contributed by atoms with Crippen LogP contribution in [-0.2, 0) is 4.79 Å². The van der Waals surface area contributed by atoms with E-state index < -0.39 is 4.92 Å². The molecule has 0 saturated heterocycles. The van der Waals surface area contributed by atoms with Crippen LogP contribution in [0, 0.1) is 16.0 Å². The highest BCUT2D eigenvalue weighted by molar-refractivity contribution is 6.10. The first-order valence-electron chi connectivity index (χ1n) is 5.26. The van der Waals surface area contributed by atoms with Crippen molar-refractivity contribution in [3.8, 4) is 0 Å². The molecule has 0 N–H and O–H groups in total. The number of ketones is 1. The van der Waals surface area contributed by atoms with E-state index in [4.69, 9.17) is 0 Å². The molecule has 17 heavy (non-hydrogen) atoms. The number of nitro groups is 1. The Kier molecular flexibility index (Phi) is 2.87. The first-order valence-corrected chi connectivity index (χ1v) is 5.26. The first-order chi connectivity index (χ1) is 8.08. The molecule has 0 aromatic heterocycles. The molecule has 1 aromatic rings. The van der Waals surface area contributed by atoms with E-state index in [1.807, 2.05) is 13.0 Å². The second-order valence-corrected chi connectivity index (χ2v) is 3.96. The minimum absolute atomic E-state index is 0.0100. The van der Waals surface area contributed by atoms with Gasteiger partial charge in [0.15, 0.2) is 5.78 Å². The molecule has 0 bridgehead atoms. The Hall–Kier alpha value is -2.23. The molecule has 0 amide bonds. The van der Waals surface area contributed by atoms with Gasteiger partial charge >= 0.3 is 0 Å². The molecule has 1 aliphatic carbocycles. The molecule has 4 nitrogen and oxygen atoms in total. The van der Waals surface area contributed by atoms with Crippen LogP contribution in [0.1, 0.15) is 12.5 Å². The number of rotatable bonds is 2. The first kappa shape index (κ1) is 11.3. The molecular weight excluding hydrogens is 218 g/mol. The van der Waals surface area contributed by atoms with Gasteiger partial charge in [-0.2, -0.15) is 0 Å². The number of hydrogen-bond acceptors (Lipinski definition) is 3. The van der Waals surface area contributed by atoms with Crippen molar-refractivity contribution in [2.75, 3.05) is 0 Å². The van der Waals surface area contributed by atoms with Gasteiger partial charge in [0.05, 0.1) is 4.92 Å². The van der Waals surface area contributed by atoms with Crippen LogP contribution in [0.4, 0.5) is 5.69 Å². The summed E-state index contributed by atoms with van der Waals surface area (Å²) in [6, 6.07) is 6.15. The van der Waals surface area contributed by atoms with Crippen LogP contribution >= 0.6 is 0 Å². The summed E-state index contributed by atoms with van der Waals surface area (Å²) in [5.74, 6) is 0.119. The second-order valence-electron chi connectivity index (χ2n) is 3.96. The summed E-state index contributed by atoms with van der Waals surface area (Å²) < 4.78 is 0. The maximum absolute atomic E-state index is 11.5. The molecule has 1 atom stereocenters. The zero-order valence-electron chi connectivity index (χ0n) is 9.29. The Morgan fingerprint density at radius 1 is 1.29 bits per heavy atom. The van der Waals surface area contributed by atoms with Gasteiger partial charge in [-0.1, -0.05) is 13.0 Å². The summed E-state index contributed by atoms with van der Waals surface area (Å²) >= 11 is 0. The summed E-state index contributed by atoms with van der Waals surface area (Å²) in [6.07, 6.45) is 5.18. The normalized spacial score (nSPS) is 21.1. The van der Waals surface area contributed by atoms with Gasteiger partial charge in [-0.15, -0.1) is 0 Å². The Bertz CT molecular complexity index is 526. The zero-order valence-corrected chi connectivity index (χ0v) is 9.29. The lowest BCUT2D eigenvalue weighted by Gasteiger charge is -2.02. The van der Waals surface area contributed by atoms with E-state index in [0.29, 0.717) is 0 Å². The van der Waals surface area contributed by atoms with Gasteiger partial charge in [-0.25, -0.2) is 0 Å². The molecule has 1 aromatic carbocycles. The smallest absolute Gasteiger partial charge is 0.269 e. The number of non-ortho nitro benzene ring substituents is 1. The maximum atomic E-state index is 11.5. The monoisotopic (exact) mass is 229 g/mol. The van der Waals surface area contributed by atoms with Gasteiger partial charge in [-0.05, 0) is 29.8 Å². The fraction of sp³-hybridized carbons (Fsp3) is 0.154. The zero-order chi connectivity index (χ0) is 12.4. The summed E-state index contributed by atoms with van der Waals surface area (Å²) in [5, 5.41) is 10.5. The molecule has 1 aliphatic rings. The van der Waals surface area contributed by atoms with Gasteiger partial charge in [0, 0.05) is 23.6 Å². The number of allylic oxidation sites excluding steroid dienone is 3. The Morgan fingerprint density at radius 2 is 1.94 bits per heavy atom. The molecule has 0 spiro atoms. The summed E-state index contributed by atoms with van der Waals surface area (Å²) in [5.41, 5.74) is 1.57. The lowest BCUT2D eigenvalue weighted by molar-refractivity contribution is -0.384. The summed E-state index contributed by atoms with van der Waals surface area (Å²) in [4.78, 5) is 21.5. The number of carbonyl (C=O) groups excluding carboxylic acids is 1. The number of hydrogen-bond donors (Lipinski definition) is 0. The Labute approximate surface area is 98.4 Å². The van der Waals surface area contributed by atoms with Crippen molar-refractivity contribution in [2.45, 2.75) is 6.92 Å². The Balaban J connectivity index is 2.27. The van der Waals surface area contributed by atoms with Gasteiger partial charge in [-0.3, -0.25) is 14.9 Å². The van der Waals surface area contributed by atoms with Crippen molar-refractivity contribution in [1.82, 2.24) is 0 Å². The van der Waals surface area contributed by atoms with Crippen LogP contribution in [0.2, 0.25) is 0 Å². The highest BCUT2D eigenvalue weighted by Crippen LogP contribution is 2.24. The Morgan fingerprint density at radius 3 is 2.41 bits per heavy atom. The minimum atomic E-state index is -0.443. The molecule has 1 unspecified atom stereocenters. The van der Waals surface area contributed by atoms with Crippen molar-refractivity contribution in [3.63, 3.8) is 0 Å². The van der Waals surface area contributed by atoms with Gasteiger partial charge in [0.2, 0.25) is 0 Å². The van der Waals surface area contributed by atoms with Crippen LogP contribution in [0.3, 0.4) is 0 Å². The van der Waals surface area contributed by atoms with Gasteiger partial charge in [0.1, 0.15) is 0 Å². The van der Waals surface area contributed by atoms with Crippen molar-refractivity contribution >= 4 is 17.5 Å². The predicted molar refractivity (Wildman–Crippen MR) is 64.4 cm³/mol. The van der Waals surface area contributed by atoms with Crippen LogP contribution in [-0.4, -0.2) is 10.7 Å². The number of nitrogens with zero attached hydrogens (tertiary/aromatic N) is 1. The quantitative estimate of drug-likeness (QED) is 0.445. The van der Waals surface area contributed by atoms with Crippen LogP contribution in [0.15, 0.2) is 42.0 Å². The fourth-order valence-electron chi connectivity index (χ4n) is 1.73. The van der Waals surface area contributed by atoms with E-state index >= 15 is 0 Å². The van der Waals surface area contributed by atoms with Gasteiger partial charge in [0.25, 0.3) is 5.69 Å². The van der Waals surface area contributed by atoms with E-state index in [1.54, 1.807) is 24.3 Å². The highest BCUT2D eigenvalue weighted by Gasteiger charge is 2.18. The van der Waals surface area contributed by atoms with Crippen molar-refractivity contribution < 1.29 is 9.72 Å². The van der Waals surface area contributed by atoms with Crippen LogP contribution in [0.5, 0.6) is 0 Å². The van der Waals surface area contributed by atoms with Gasteiger partial charge < -0.3 is 0 Å². The third kappa shape index (κ3) is 2.30. The average molecular weight is 229 g/mol. The maximum Gasteiger partial charge on any atom is 0.269 e. The molecule has 0 heterocycles. The SMILES string of the molecule is CC1C=CC(=O)C1=Cc1ccc([N+](=O)[O-])cc1. The van der Waals surface area contributed by atoms with Crippen LogP contribution in [0.25, 0.3) is 6.08 Å². The summed E-state index contributed by atoms with van der Waals surface area (Å²) in [6.45, 7) is 1.94. The fourth-order valence-corrected chi connectivity index (χ4v) is 1.73. The molecular formula is C13H11NO3. The van der Waals surface area contributed by atoms with Crippen molar-refractivity contribution in [3.05, 3.63) is 57.7 Å². The average Bonchev–Trinajstić information content (AvgIpc) is 2.61. The number of benzene rings is 1. The molecule has 2 rings (SSSR count). The summed E-state index contributed by atoms with van der Waals surface area (Å²) in [7, 11) is 0. The molecule has 4 heteroatoms. The minimum Gasteiger partial charge on any atom is -0.290 e. The second kappa shape index (κ2) is 4.33. The van der Waals surface area contributed by atoms with E-state index in [2.05, 4.69) is 0 Å². The third-order valence-electron chi connectivity index (χ3n) is 2.74. The van der Waals surface area contributed by atoms with Crippen LogP contribution < -0.4 is 0 Å². The standard InChI is InChI=1S/C13H11NO3/c1-9-2-7-13(15)12(9)8-10-3-5-11(6-4-10)14(16)17/h2-9H,1H3. The van der Waals surface area contributed by atoms with E-state index in [-0.39, 0.29) is 17.4 Å². The van der Waals surface area contributed by atoms with E-state index in [1.165, 1.54) is 12.1 Å². The van der Waals surface area contributed by atoms with Crippen molar-refractivity contribution in [2.24, 2.45) is 5.92 Å². The lowest BCUT2D eigenvalue weighted by Crippen LogP contribution is -1.98. The molecule has 0 fully saturated rings.